The largest absolute Gasteiger partial charge is 0.497 e. The topological polar surface area (TPSA) is 55.3 Å². The first-order chi connectivity index (χ1) is 13.7. The van der Waals surface area contributed by atoms with Crippen molar-refractivity contribution >= 4 is 39.2 Å². The summed E-state index contributed by atoms with van der Waals surface area (Å²) in [5, 5.41) is 2.11. The number of benzene rings is 1. The smallest absolute Gasteiger partial charge is 0.233 e. The number of amides is 1. The summed E-state index contributed by atoms with van der Waals surface area (Å²) < 4.78 is 5.26. The van der Waals surface area contributed by atoms with E-state index in [9.17, 15) is 4.79 Å². The molecule has 0 unspecified atom stereocenters. The van der Waals surface area contributed by atoms with Crippen molar-refractivity contribution in [1.29, 1.82) is 0 Å². The van der Waals surface area contributed by atoms with E-state index in [2.05, 4.69) is 9.97 Å². The van der Waals surface area contributed by atoms with Crippen LogP contribution in [0.5, 0.6) is 5.75 Å². The zero-order chi connectivity index (χ0) is 19.5. The van der Waals surface area contributed by atoms with E-state index >= 15 is 0 Å². The van der Waals surface area contributed by atoms with Crippen molar-refractivity contribution in [2.24, 2.45) is 0 Å². The highest BCUT2D eigenvalue weighted by Gasteiger charge is 2.21. The Hall–Kier alpha value is -2.12. The van der Waals surface area contributed by atoms with Crippen molar-refractivity contribution in [1.82, 2.24) is 14.9 Å². The van der Waals surface area contributed by atoms with Crippen LogP contribution in [0.25, 0.3) is 10.2 Å². The second kappa shape index (κ2) is 8.49. The van der Waals surface area contributed by atoms with Gasteiger partial charge in [-0.15, -0.1) is 11.3 Å². The number of carbonyl (C=O) groups excluding carboxylic acids is 1. The predicted molar refractivity (Wildman–Crippen MR) is 114 cm³/mol. The highest BCUT2D eigenvalue weighted by Crippen LogP contribution is 2.39. The van der Waals surface area contributed by atoms with Crippen molar-refractivity contribution in [2.45, 2.75) is 37.3 Å². The van der Waals surface area contributed by atoms with Crippen molar-refractivity contribution in [2.75, 3.05) is 19.9 Å². The maximum absolute atomic E-state index is 12.7. The highest BCUT2D eigenvalue weighted by molar-refractivity contribution is 8.00. The molecular weight excluding hydrogens is 390 g/mol. The summed E-state index contributed by atoms with van der Waals surface area (Å²) in [6.07, 6.45) is 6.34. The van der Waals surface area contributed by atoms with Gasteiger partial charge >= 0.3 is 0 Å². The van der Waals surface area contributed by atoms with Gasteiger partial charge in [-0.2, -0.15) is 0 Å². The van der Waals surface area contributed by atoms with Crippen LogP contribution in [0, 0.1) is 0 Å². The molecule has 0 fully saturated rings. The minimum absolute atomic E-state index is 0.0867. The lowest BCUT2D eigenvalue weighted by Crippen LogP contribution is -2.27. The van der Waals surface area contributed by atoms with Gasteiger partial charge in [-0.05, 0) is 48.9 Å². The molecule has 0 bridgehead atoms. The lowest BCUT2D eigenvalue weighted by Gasteiger charge is -2.17. The van der Waals surface area contributed by atoms with E-state index in [4.69, 9.17) is 4.74 Å². The van der Waals surface area contributed by atoms with Gasteiger partial charge in [0.2, 0.25) is 5.91 Å². The van der Waals surface area contributed by atoms with Crippen LogP contribution in [0.4, 0.5) is 0 Å². The third-order valence-corrected chi connectivity index (χ3v) is 7.20. The number of rotatable bonds is 6. The molecule has 0 saturated heterocycles. The molecule has 2 aromatic heterocycles. The van der Waals surface area contributed by atoms with Gasteiger partial charge in [0, 0.05) is 23.9 Å². The normalized spacial score (nSPS) is 13.4. The monoisotopic (exact) mass is 413 g/mol. The van der Waals surface area contributed by atoms with E-state index in [1.54, 1.807) is 29.7 Å². The van der Waals surface area contributed by atoms with E-state index in [0.717, 1.165) is 34.0 Å². The van der Waals surface area contributed by atoms with E-state index in [-0.39, 0.29) is 5.91 Å². The zero-order valence-electron chi connectivity index (χ0n) is 16.1. The Morgan fingerprint density at radius 3 is 3.00 bits per heavy atom. The SMILES string of the molecule is COc1cccc(CN(C)C(=O)CSc2ncnc3sc4c(c23)CCCC4)c1. The summed E-state index contributed by atoms with van der Waals surface area (Å²) in [4.78, 5) is 25.9. The summed E-state index contributed by atoms with van der Waals surface area (Å²) in [5.41, 5.74) is 2.46. The third-order valence-electron chi connectivity index (χ3n) is 5.03. The van der Waals surface area contributed by atoms with Gasteiger partial charge in [-0.25, -0.2) is 9.97 Å². The van der Waals surface area contributed by atoms with Gasteiger partial charge in [0.15, 0.2) is 0 Å². The van der Waals surface area contributed by atoms with Crippen LogP contribution < -0.4 is 4.74 Å². The first kappa shape index (κ1) is 19.2. The first-order valence-electron chi connectivity index (χ1n) is 9.40. The molecule has 28 heavy (non-hydrogen) atoms. The molecule has 7 heteroatoms. The molecule has 0 aliphatic heterocycles. The number of ether oxygens (including phenoxy) is 1. The quantitative estimate of drug-likeness (QED) is 0.445. The molecule has 2 heterocycles. The molecule has 0 radical (unpaired) electrons. The summed E-state index contributed by atoms with van der Waals surface area (Å²) in [7, 11) is 3.49. The van der Waals surface area contributed by atoms with Crippen LogP contribution >= 0.6 is 23.1 Å². The number of hydrogen-bond donors (Lipinski definition) is 0. The van der Waals surface area contributed by atoms with Crippen LogP contribution in [-0.2, 0) is 24.2 Å². The highest BCUT2D eigenvalue weighted by atomic mass is 32.2. The van der Waals surface area contributed by atoms with Crippen molar-refractivity contribution in [3.05, 3.63) is 46.6 Å². The second-order valence-corrected chi connectivity index (χ2v) is 9.01. The Morgan fingerprint density at radius 1 is 1.29 bits per heavy atom. The molecule has 3 aromatic rings. The number of aromatic nitrogens is 2. The fraction of sp³-hybridized carbons (Fsp3) is 0.381. The van der Waals surface area contributed by atoms with Crippen molar-refractivity contribution in [3.63, 3.8) is 0 Å². The lowest BCUT2D eigenvalue weighted by molar-refractivity contribution is -0.127. The molecule has 1 aromatic carbocycles. The molecule has 146 valence electrons. The Bertz CT molecular complexity index is 1000. The molecule has 0 spiro atoms. The molecule has 5 nitrogen and oxygen atoms in total. The Labute approximate surface area is 173 Å². The van der Waals surface area contributed by atoms with E-state index in [1.807, 2.05) is 31.3 Å². The Morgan fingerprint density at radius 2 is 2.14 bits per heavy atom. The van der Waals surface area contributed by atoms with E-state index in [1.165, 1.54) is 40.4 Å². The first-order valence-corrected chi connectivity index (χ1v) is 11.2. The van der Waals surface area contributed by atoms with Crippen LogP contribution in [0.3, 0.4) is 0 Å². The van der Waals surface area contributed by atoms with Gasteiger partial charge < -0.3 is 9.64 Å². The number of thioether (sulfide) groups is 1. The fourth-order valence-electron chi connectivity index (χ4n) is 3.54. The van der Waals surface area contributed by atoms with Crippen molar-refractivity contribution in [3.8, 4) is 5.75 Å². The van der Waals surface area contributed by atoms with Crippen LogP contribution in [0.1, 0.15) is 28.8 Å². The summed E-state index contributed by atoms with van der Waals surface area (Å²) in [6, 6.07) is 7.81. The molecule has 0 N–H and O–H groups in total. The number of fused-ring (bicyclic) bond motifs is 3. The number of nitrogens with zero attached hydrogens (tertiary/aromatic N) is 3. The van der Waals surface area contributed by atoms with E-state index in [0.29, 0.717) is 12.3 Å². The number of aryl methyl sites for hydroxylation is 2. The van der Waals surface area contributed by atoms with Crippen LogP contribution in [0.2, 0.25) is 0 Å². The maximum atomic E-state index is 12.7. The molecule has 1 aliphatic rings. The number of methoxy groups -OCH3 is 1. The molecule has 1 aliphatic carbocycles. The minimum Gasteiger partial charge on any atom is -0.497 e. The maximum Gasteiger partial charge on any atom is 0.233 e. The van der Waals surface area contributed by atoms with Gasteiger partial charge in [0.1, 0.15) is 21.9 Å². The predicted octanol–water partition coefficient (Wildman–Crippen LogP) is 4.33. The number of hydrogen-bond acceptors (Lipinski definition) is 6. The molecule has 0 atom stereocenters. The van der Waals surface area contributed by atoms with Gasteiger partial charge in [0.05, 0.1) is 12.9 Å². The third kappa shape index (κ3) is 4.00. The second-order valence-electron chi connectivity index (χ2n) is 6.96. The zero-order valence-corrected chi connectivity index (χ0v) is 17.7. The minimum atomic E-state index is 0.0867. The standard InChI is InChI=1S/C21H23N3O2S2/c1-24(11-14-6-5-7-15(10-14)26-2)18(25)12-27-20-19-16-8-3-4-9-17(16)28-21(19)23-13-22-20/h5-7,10,13H,3-4,8-9,11-12H2,1-2H3. The average Bonchev–Trinajstić information content (AvgIpc) is 3.11. The van der Waals surface area contributed by atoms with Gasteiger partial charge in [0.25, 0.3) is 0 Å². The fourth-order valence-corrected chi connectivity index (χ4v) is 5.80. The summed E-state index contributed by atoms with van der Waals surface area (Å²) in [5.74, 6) is 1.26. The molecule has 4 rings (SSSR count). The van der Waals surface area contributed by atoms with Gasteiger partial charge in [-0.3, -0.25) is 4.79 Å². The Kier molecular flexibility index (Phi) is 5.82. The average molecular weight is 414 g/mol. The lowest BCUT2D eigenvalue weighted by atomic mass is 9.97. The molecule has 1 amide bonds. The summed E-state index contributed by atoms with van der Waals surface area (Å²) in [6.45, 7) is 0.559. The van der Waals surface area contributed by atoms with Gasteiger partial charge in [-0.1, -0.05) is 23.9 Å². The number of carbonyl (C=O) groups is 1. The van der Waals surface area contributed by atoms with Crippen LogP contribution in [0.15, 0.2) is 35.6 Å². The molecular formula is C21H23N3O2S2. The summed E-state index contributed by atoms with van der Waals surface area (Å²) >= 11 is 3.31. The Balaban J connectivity index is 1.45. The van der Waals surface area contributed by atoms with E-state index < -0.39 is 0 Å². The van der Waals surface area contributed by atoms with Crippen LogP contribution in [-0.4, -0.2) is 40.7 Å². The number of thiophene rings is 1. The van der Waals surface area contributed by atoms with Crippen molar-refractivity contribution < 1.29 is 9.53 Å². The molecule has 0 saturated carbocycles.